The summed E-state index contributed by atoms with van der Waals surface area (Å²) in [6.45, 7) is 7.91. The number of aromatic nitrogens is 5. The van der Waals surface area contributed by atoms with Gasteiger partial charge in [-0.05, 0) is 33.8 Å². The molecule has 0 amide bonds. The molecule has 0 saturated heterocycles. The number of nitrogens with one attached hydrogen (secondary N) is 1. The van der Waals surface area contributed by atoms with E-state index in [-0.39, 0.29) is 6.04 Å². The summed E-state index contributed by atoms with van der Waals surface area (Å²) in [5, 5.41) is 12.1. The number of nitrogens with two attached hydrogens (primary N) is 1. The summed E-state index contributed by atoms with van der Waals surface area (Å²) in [7, 11) is 0. The minimum atomic E-state index is -0.476. The Balaban J connectivity index is 1.89. The monoisotopic (exact) mass is 389 g/mol. The molecule has 0 aliphatic carbocycles. The molecule has 29 heavy (non-hydrogen) atoms. The highest BCUT2D eigenvalue weighted by molar-refractivity contribution is 6.08. The normalized spacial score (nSPS) is 13.2. The Kier molecular flexibility index (Phi) is 5.83. The molecule has 0 saturated carbocycles. The summed E-state index contributed by atoms with van der Waals surface area (Å²) in [4.78, 5) is 21.8. The van der Waals surface area contributed by atoms with Crippen LogP contribution in [-0.2, 0) is 0 Å². The molecule has 3 aromatic heterocycles. The number of allylic oxidation sites excluding steroid dienone is 1. The number of aliphatic imine (C=N–C) groups is 1. The summed E-state index contributed by atoms with van der Waals surface area (Å²) in [5.74, 6) is 2.56. The van der Waals surface area contributed by atoms with E-state index in [4.69, 9.17) is 11.0 Å². The number of anilines is 2. The molecule has 9 heteroatoms. The molecule has 0 radical (unpaired) electrons. The zero-order chi connectivity index (χ0) is 21.0. The van der Waals surface area contributed by atoms with Crippen LogP contribution in [0.1, 0.15) is 38.5 Å². The van der Waals surface area contributed by atoms with Crippen molar-refractivity contribution in [1.29, 1.82) is 5.26 Å². The predicted molar refractivity (Wildman–Crippen MR) is 114 cm³/mol. The maximum absolute atomic E-state index is 8.86. The fourth-order valence-corrected chi connectivity index (χ4v) is 2.94. The molecule has 3 heterocycles. The smallest absolute Gasteiger partial charge is 0.164 e. The zero-order valence-electron chi connectivity index (χ0n) is 16.8. The molecule has 1 unspecified atom stereocenters. The van der Waals surface area contributed by atoms with Crippen LogP contribution in [0.25, 0.3) is 16.6 Å². The molecule has 3 aromatic rings. The van der Waals surface area contributed by atoms with Gasteiger partial charge in [-0.15, -0.1) is 0 Å². The van der Waals surface area contributed by atoms with E-state index < -0.39 is 6.04 Å². The average Bonchev–Trinajstić information content (AvgIpc) is 3.03. The lowest BCUT2D eigenvalue weighted by Gasteiger charge is -2.11. The van der Waals surface area contributed by atoms with Crippen molar-refractivity contribution in [2.24, 2.45) is 10.7 Å². The summed E-state index contributed by atoms with van der Waals surface area (Å²) < 4.78 is 2.16. The van der Waals surface area contributed by atoms with E-state index in [0.717, 1.165) is 16.9 Å². The van der Waals surface area contributed by atoms with Crippen molar-refractivity contribution < 1.29 is 0 Å². The molecule has 3 N–H and O–H groups in total. The van der Waals surface area contributed by atoms with Gasteiger partial charge in [-0.25, -0.2) is 19.9 Å². The molecule has 0 bridgehead atoms. The molecule has 1 atom stereocenters. The Bertz CT molecular complexity index is 1120. The highest BCUT2D eigenvalue weighted by Gasteiger charge is 2.12. The number of hydrogen-bond donors (Lipinski definition) is 2. The minimum Gasteiger partial charge on any atom is -0.404 e. The number of hydrogen-bond acceptors (Lipinski definition) is 8. The summed E-state index contributed by atoms with van der Waals surface area (Å²) >= 11 is 0. The maximum Gasteiger partial charge on any atom is 0.164 e. The van der Waals surface area contributed by atoms with Crippen LogP contribution >= 0.6 is 0 Å². The van der Waals surface area contributed by atoms with Gasteiger partial charge in [0.25, 0.3) is 0 Å². The number of rotatable bonds is 6. The third-order valence-corrected chi connectivity index (χ3v) is 4.24. The van der Waals surface area contributed by atoms with Crippen molar-refractivity contribution in [1.82, 2.24) is 24.5 Å². The van der Waals surface area contributed by atoms with Crippen molar-refractivity contribution in [3.8, 4) is 6.07 Å². The fraction of sp³-hybridized carbons (Fsp3) is 0.300. The molecule has 148 valence electrons. The van der Waals surface area contributed by atoms with Crippen LogP contribution in [0.2, 0.25) is 0 Å². The van der Waals surface area contributed by atoms with Crippen LogP contribution in [0.4, 0.5) is 11.6 Å². The minimum absolute atomic E-state index is 0.285. The van der Waals surface area contributed by atoms with Crippen molar-refractivity contribution in [2.45, 2.75) is 39.8 Å². The maximum atomic E-state index is 8.86. The molecule has 9 nitrogen and oxygen atoms in total. The Morgan fingerprint density at radius 3 is 2.76 bits per heavy atom. The van der Waals surface area contributed by atoms with Gasteiger partial charge in [0.15, 0.2) is 5.82 Å². The first-order chi connectivity index (χ1) is 13.9. The molecular weight excluding hydrogens is 366 g/mol. The van der Waals surface area contributed by atoms with Crippen molar-refractivity contribution in [3.05, 3.63) is 42.4 Å². The second kappa shape index (κ2) is 8.48. The van der Waals surface area contributed by atoms with Crippen LogP contribution in [0.5, 0.6) is 0 Å². The van der Waals surface area contributed by atoms with Gasteiger partial charge in [0.05, 0.1) is 23.4 Å². The van der Waals surface area contributed by atoms with E-state index in [0.29, 0.717) is 23.0 Å². The molecule has 0 aliphatic heterocycles. The first-order valence-electron chi connectivity index (χ1n) is 9.22. The average molecular weight is 389 g/mol. The number of nitriles is 1. The first-order valence-corrected chi connectivity index (χ1v) is 9.22. The molecule has 0 spiro atoms. The third kappa shape index (κ3) is 4.38. The van der Waals surface area contributed by atoms with Gasteiger partial charge in [-0.3, -0.25) is 4.99 Å². The number of imidazole rings is 1. The SMILES string of the molecule is Cc1nc2cnc(Nc3ccnc(C(C=NC(C)C#N)=CN)n3)cc2n1C(C)C. The van der Waals surface area contributed by atoms with Crippen molar-refractivity contribution in [3.63, 3.8) is 0 Å². The van der Waals surface area contributed by atoms with Crippen LogP contribution in [0.15, 0.2) is 35.7 Å². The lowest BCUT2D eigenvalue weighted by Crippen LogP contribution is -2.04. The quantitative estimate of drug-likeness (QED) is 0.619. The van der Waals surface area contributed by atoms with Crippen molar-refractivity contribution in [2.75, 3.05) is 5.32 Å². The zero-order valence-corrected chi connectivity index (χ0v) is 16.8. The van der Waals surface area contributed by atoms with Gasteiger partial charge in [-0.2, -0.15) is 5.26 Å². The molecule has 0 aliphatic rings. The van der Waals surface area contributed by atoms with Gasteiger partial charge >= 0.3 is 0 Å². The number of nitrogens with zero attached hydrogens (tertiary/aromatic N) is 7. The standard InChI is InChI=1S/C20H23N9/c1-12(2)29-14(4)26-16-11-25-19(7-17(16)29)27-18-5-6-23-20(28-18)15(9-22)10-24-13(3)8-21/h5-7,9-13H,22H2,1-4H3,(H,23,25,27,28). The Hall–Kier alpha value is -3.80. The Morgan fingerprint density at radius 1 is 1.28 bits per heavy atom. The number of fused-ring (bicyclic) bond motifs is 1. The van der Waals surface area contributed by atoms with E-state index in [1.54, 1.807) is 25.4 Å². The second-order valence-corrected chi connectivity index (χ2v) is 6.78. The summed E-state index contributed by atoms with van der Waals surface area (Å²) in [5.41, 5.74) is 8.06. The van der Waals surface area contributed by atoms with Gasteiger partial charge < -0.3 is 15.6 Å². The lowest BCUT2D eigenvalue weighted by molar-refractivity contribution is 0.600. The van der Waals surface area contributed by atoms with Gasteiger partial charge in [0, 0.05) is 30.7 Å². The fourth-order valence-electron chi connectivity index (χ4n) is 2.94. The van der Waals surface area contributed by atoms with Crippen LogP contribution in [0, 0.1) is 18.3 Å². The van der Waals surface area contributed by atoms with Crippen LogP contribution in [0.3, 0.4) is 0 Å². The van der Waals surface area contributed by atoms with E-state index in [2.05, 4.69) is 48.7 Å². The third-order valence-electron chi connectivity index (χ3n) is 4.24. The topological polar surface area (TPSA) is 131 Å². The summed E-state index contributed by atoms with van der Waals surface area (Å²) in [6, 6.07) is 5.53. The predicted octanol–water partition coefficient (Wildman–Crippen LogP) is 3.14. The van der Waals surface area contributed by atoms with Crippen LogP contribution in [-0.4, -0.2) is 36.8 Å². The number of pyridine rings is 1. The highest BCUT2D eigenvalue weighted by Crippen LogP contribution is 2.23. The molecular formula is C20H23N9. The van der Waals surface area contributed by atoms with E-state index >= 15 is 0 Å². The summed E-state index contributed by atoms with van der Waals surface area (Å²) in [6.07, 6.45) is 6.23. The van der Waals surface area contributed by atoms with Crippen LogP contribution < -0.4 is 11.1 Å². The van der Waals surface area contributed by atoms with Gasteiger partial charge in [0.2, 0.25) is 0 Å². The Morgan fingerprint density at radius 2 is 2.07 bits per heavy atom. The Labute approximate surface area is 169 Å². The number of aryl methyl sites for hydroxylation is 1. The second-order valence-electron chi connectivity index (χ2n) is 6.78. The highest BCUT2D eigenvalue weighted by atomic mass is 15.1. The lowest BCUT2D eigenvalue weighted by atomic mass is 10.3. The molecule has 0 fully saturated rings. The first kappa shape index (κ1) is 19.9. The largest absolute Gasteiger partial charge is 0.404 e. The van der Waals surface area contributed by atoms with E-state index in [1.165, 1.54) is 12.4 Å². The van der Waals surface area contributed by atoms with E-state index in [1.807, 2.05) is 19.1 Å². The van der Waals surface area contributed by atoms with Gasteiger partial charge in [0.1, 0.15) is 29.0 Å². The van der Waals surface area contributed by atoms with Crippen molar-refractivity contribution >= 4 is 34.5 Å². The molecule has 0 aromatic carbocycles. The molecule has 3 rings (SSSR count). The van der Waals surface area contributed by atoms with E-state index in [9.17, 15) is 0 Å². The van der Waals surface area contributed by atoms with Gasteiger partial charge in [-0.1, -0.05) is 0 Å².